The Balaban J connectivity index is 2.23. The van der Waals surface area contributed by atoms with Crippen LogP contribution >= 0.6 is 0 Å². The Hall–Kier alpha value is -0.610. The summed E-state index contributed by atoms with van der Waals surface area (Å²) in [5, 5.41) is 3.32. The minimum atomic E-state index is -0.114. The molecule has 1 N–H and O–H groups in total. The van der Waals surface area contributed by atoms with Crippen LogP contribution in [0.4, 0.5) is 0 Å². The van der Waals surface area contributed by atoms with Crippen molar-refractivity contribution in [3.8, 4) is 0 Å². The summed E-state index contributed by atoms with van der Waals surface area (Å²) in [6.45, 7) is 7.68. The Labute approximate surface area is 79.2 Å². The summed E-state index contributed by atoms with van der Waals surface area (Å²) in [4.78, 5) is 13.3. The zero-order valence-electron chi connectivity index (χ0n) is 8.38. The first-order valence-electron chi connectivity index (χ1n) is 4.83. The molecule has 1 atom stereocenters. The third-order valence-corrected chi connectivity index (χ3v) is 2.11. The van der Waals surface area contributed by atoms with Gasteiger partial charge in [0.1, 0.15) is 0 Å². The Morgan fingerprint density at radius 1 is 1.69 bits per heavy atom. The number of ether oxygens (including phenoxy) is 1. The lowest BCUT2D eigenvalue weighted by Gasteiger charge is -2.30. The summed E-state index contributed by atoms with van der Waals surface area (Å²) in [6, 6.07) is 0.475. The SMILES string of the molecule is CCOC(=O)CN1CCNC(C)C1. The molecule has 1 heterocycles. The van der Waals surface area contributed by atoms with Crippen LogP contribution in [-0.2, 0) is 9.53 Å². The Morgan fingerprint density at radius 2 is 2.46 bits per heavy atom. The third-order valence-electron chi connectivity index (χ3n) is 2.11. The minimum absolute atomic E-state index is 0.114. The molecule has 13 heavy (non-hydrogen) atoms. The second-order valence-corrected chi connectivity index (χ2v) is 3.40. The van der Waals surface area contributed by atoms with E-state index in [0.29, 0.717) is 19.2 Å². The maximum Gasteiger partial charge on any atom is 0.320 e. The van der Waals surface area contributed by atoms with Gasteiger partial charge in [-0.05, 0) is 13.8 Å². The highest BCUT2D eigenvalue weighted by molar-refractivity contribution is 5.71. The molecule has 1 aliphatic rings. The Kier molecular flexibility index (Phi) is 4.18. The summed E-state index contributed by atoms with van der Waals surface area (Å²) in [6.07, 6.45) is 0. The van der Waals surface area contributed by atoms with Crippen molar-refractivity contribution in [1.29, 1.82) is 0 Å². The van der Waals surface area contributed by atoms with Crippen molar-refractivity contribution < 1.29 is 9.53 Å². The van der Waals surface area contributed by atoms with Gasteiger partial charge in [0.2, 0.25) is 0 Å². The molecule has 1 saturated heterocycles. The average molecular weight is 186 g/mol. The highest BCUT2D eigenvalue weighted by Crippen LogP contribution is 1.98. The number of carbonyl (C=O) groups excluding carboxylic acids is 1. The molecular formula is C9H18N2O2. The van der Waals surface area contributed by atoms with E-state index in [1.54, 1.807) is 0 Å². The smallest absolute Gasteiger partial charge is 0.320 e. The van der Waals surface area contributed by atoms with E-state index in [0.717, 1.165) is 19.6 Å². The molecule has 4 nitrogen and oxygen atoms in total. The molecule has 0 spiro atoms. The van der Waals surface area contributed by atoms with Gasteiger partial charge in [0.25, 0.3) is 0 Å². The lowest BCUT2D eigenvalue weighted by Crippen LogP contribution is -2.50. The molecule has 76 valence electrons. The maximum absolute atomic E-state index is 11.1. The van der Waals surface area contributed by atoms with Gasteiger partial charge in [-0.3, -0.25) is 9.69 Å². The molecule has 1 fully saturated rings. The van der Waals surface area contributed by atoms with Gasteiger partial charge in [-0.1, -0.05) is 0 Å². The van der Waals surface area contributed by atoms with Crippen molar-refractivity contribution in [3.63, 3.8) is 0 Å². The number of hydrogen-bond donors (Lipinski definition) is 1. The fourth-order valence-electron chi connectivity index (χ4n) is 1.55. The first-order chi connectivity index (χ1) is 6.22. The molecule has 1 aliphatic heterocycles. The lowest BCUT2D eigenvalue weighted by molar-refractivity contribution is -0.144. The topological polar surface area (TPSA) is 41.6 Å². The third kappa shape index (κ3) is 3.74. The van der Waals surface area contributed by atoms with Gasteiger partial charge in [-0.15, -0.1) is 0 Å². The molecule has 0 saturated carbocycles. The van der Waals surface area contributed by atoms with E-state index >= 15 is 0 Å². The number of hydrogen-bond acceptors (Lipinski definition) is 4. The molecule has 0 aromatic rings. The molecule has 0 radical (unpaired) electrons. The normalized spacial score (nSPS) is 24.3. The monoisotopic (exact) mass is 186 g/mol. The van der Waals surface area contributed by atoms with Crippen molar-refractivity contribution in [3.05, 3.63) is 0 Å². The molecular weight excluding hydrogens is 168 g/mol. The zero-order chi connectivity index (χ0) is 9.68. The van der Waals surface area contributed by atoms with Crippen LogP contribution in [0.3, 0.4) is 0 Å². The standard InChI is InChI=1S/C9H18N2O2/c1-3-13-9(12)7-11-5-4-10-8(2)6-11/h8,10H,3-7H2,1-2H3. The number of piperazine rings is 1. The maximum atomic E-state index is 11.1. The van der Waals surface area contributed by atoms with Gasteiger partial charge < -0.3 is 10.1 Å². The van der Waals surface area contributed by atoms with Crippen molar-refractivity contribution >= 4 is 5.97 Å². The number of nitrogens with one attached hydrogen (secondary N) is 1. The van der Waals surface area contributed by atoms with Gasteiger partial charge in [-0.25, -0.2) is 0 Å². The molecule has 1 rings (SSSR count). The Morgan fingerprint density at radius 3 is 3.08 bits per heavy atom. The molecule has 4 heteroatoms. The van der Waals surface area contributed by atoms with Gasteiger partial charge in [-0.2, -0.15) is 0 Å². The van der Waals surface area contributed by atoms with Gasteiger partial charge in [0.15, 0.2) is 0 Å². The van der Waals surface area contributed by atoms with E-state index in [2.05, 4.69) is 17.1 Å². The van der Waals surface area contributed by atoms with Crippen molar-refractivity contribution in [2.75, 3.05) is 32.8 Å². The van der Waals surface area contributed by atoms with Crippen LogP contribution in [0.5, 0.6) is 0 Å². The molecule has 1 unspecified atom stereocenters. The Bertz CT molecular complexity index is 173. The molecule has 0 aliphatic carbocycles. The van der Waals surface area contributed by atoms with Gasteiger partial charge >= 0.3 is 5.97 Å². The van der Waals surface area contributed by atoms with Gasteiger partial charge in [0, 0.05) is 25.7 Å². The van der Waals surface area contributed by atoms with E-state index < -0.39 is 0 Å². The van der Waals surface area contributed by atoms with Crippen LogP contribution < -0.4 is 5.32 Å². The molecule has 0 bridgehead atoms. The fraction of sp³-hybridized carbons (Fsp3) is 0.889. The summed E-state index contributed by atoms with van der Waals surface area (Å²) in [5.41, 5.74) is 0. The zero-order valence-corrected chi connectivity index (χ0v) is 8.38. The highest BCUT2D eigenvalue weighted by Gasteiger charge is 2.17. The van der Waals surface area contributed by atoms with Crippen LogP contribution in [0, 0.1) is 0 Å². The average Bonchev–Trinajstić information content (AvgIpc) is 2.04. The van der Waals surface area contributed by atoms with Crippen molar-refractivity contribution in [2.45, 2.75) is 19.9 Å². The molecule has 0 amide bonds. The van der Waals surface area contributed by atoms with Crippen molar-refractivity contribution in [1.82, 2.24) is 10.2 Å². The summed E-state index contributed by atoms with van der Waals surface area (Å²) >= 11 is 0. The summed E-state index contributed by atoms with van der Waals surface area (Å²) in [5.74, 6) is -0.114. The fourth-order valence-corrected chi connectivity index (χ4v) is 1.55. The number of rotatable bonds is 3. The van der Waals surface area contributed by atoms with E-state index in [4.69, 9.17) is 4.74 Å². The highest BCUT2D eigenvalue weighted by atomic mass is 16.5. The quantitative estimate of drug-likeness (QED) is 0.622. The van der Waals surface area contributed by atoms with Crippen LogP contribution in [-0.4, -0.2) is 49.7 Å². The van der Waals surface area contributed by atoms with Gasteiger partial charge in [0.05, 0.1) is 13.2 Å². The summed E-state index contributed by atoms with van der Waals surface area (Å²) in [7, 11) is 0. The molecule has 0 aromatic carbocycles. The first kappa shape index (κ1) is 10.5. The van der Waals surface area contributed by atoms with E-state index in [1.807, 2.05) is 6.92 Å². The van der Waals surface area contributed by atoms with E-state index in [-0.39, 0.29) is 5.97 Å². The second kappa shape index (κ2) is 5.19. The summed E-state index contributed by atoms with van der Waals surface area (Å²) < 4.78 is 4.88. The minimum Gasteiger partial charge on any atom is -0.465 e. The number of esters is 1. The predicted molar refractivity (Wildman–Crippen MR) is 50.5 cm³/mol. The van der Waals surface area contributed by atoms with Crippen LogP contribution in [0.1, 0.15) is 13.8 Å². The second-order valence-electron chi connectivity index (χ2n) is 3.40. The number of nitrogens with zero attached hydrogens (tertiary/aromatic N) is 1. The molecule has 0 aromatic heterocycles. The van der Waals surface area contributed by atoms with Crippen LogP contribution in [0.15, 0.2) is 0 Å². The van der Waals surface area contributed by atoms with Crippen molar-refractivity contribution in [2.24, 2.45) is 0 Å². The van der Waals surface area contributed by atoms with Crippen LogP contribution in [0.25, 0.3) is 0 Å². The van der Waals surface area contributed by atoms with E-state index in [9.17, 15) is 4.79 Å². The number of carbonyl (C=O) groups is 1. The van der Waals surface area contributed by atoms with E-state index in [1.165, 1.54) is 0 Å². The predicted octanol–water partition coefficient (Wildman–Crippen LogP) is -0.157. The van der Waals surface area contributed by atoms with Crippen LogP contribution in [0.2, 0.25) is 0 Å². The largest absolute Gasteiger partial charge is 0.465 e. The first-order valence-corrected chi connectivity index (χ1v) is 4.83. The lowest BCUT2D eigenvalue weighted by atomic mass is 10.2.